The van der Waals surface area contributed by atoms with Crippen molar-refractivity contribution in [1.82, 2.24) is 10.2 Å². The van der Waals surface area contributed by atoms with Crippen molar-refractivity contribution in [1.29, 1.82) is 0 Å². The Morgan fingerprint density at radius 3 is 2.63 bits per heavy atom. The fourth-order valence-electron chi connectivity index (χ4n) is 4.23. The Bertz CT molecular complexity index is 252. The van der Waals surface area contributed by atoms with E-state index in [4.69, 9.17) is 0 Å². The van der Waals surface area contributed by atoms with Crippen molar-refractivity contribution >= 4 is 0 Å². The van der Waals surface area contributed by atoms with Crippen LogP contribution in [0.1, 0.15) is 72.1 Å². The quantitative estimate of drug-likeness (QED) is 0.786. The highest BCUT2D eigenvalue weighted by molar-refractivity contribution is 4.90. The lowest BCUT2D eigenvalue weighted by molar-refractivity contribution is 0.0308. The van der Waals surface area contributed by atoms with Gasteiger partial charge >= 0.3 is 0 Å². The van der Waals surface area contributed by atoms with Crippen LogP contribution in [0.4, 0.5) is 0 Å². The molecule has 1 aliphatic heterocycles. The van der Waals surface area contributed by atoms with Crippen LogP contribution in [0.5, 0.6) is 0 Å². The minimum absolute atomic E-state index is 0.680. The summed E-state index contributed by atoms with van der Waals surface area (Å²) in [5.74, 6) is 1.01. The molecule has 2 aliphatic rings. The van der Waals surface area contributed by atoms with Crippen molar-refractivity contribution < 1.29 is 0 Å². The third-order valence-electron chi connectivity index (χ3n) is 5.34. The van der Waals surface area contributed by atoms with E-state index in [2.05, 4.69) is 31.0 Å². The van der Waals surface area contributed by atoms with Gasteiger partial charge in [-0.3, -0.25) is 4.90 Å². The lowest BCUT2D eigenvalue weighted by Gasteiger charge is -2.47. The smallest absolute Gasteiger partial charge is 0.0195 e. The first-order valence-corrected chi connectivity index (χ1v) is 8.71. The van der Waals surface area contributed by atoms with Gasteiger partial charge in [0.25, 0.3) is 0 Å². The molecular formula is C17H34N2. The second kappa shape index (κ2) is 7.64. The van der Waals surface area contributed by atoms with Crippen molar-refractivity contribution in [3.05, 3.63) is 0 Å². The molecule has 1 heterocycles. The first-order valence-electron chi connectivity index (χ1n) is 8.71. The summed E-state index contributed by atoms with van der Waals surface area (Å²) in [7, 11) is 0. The number of rotatable bonds is 6. The molecule has 0 spiro atoms. The first kappa shape index (κ1) is 15.3. The van der Waals surface area contributed by atoms with E-state index < -0.39 is 0 Å². The molecule has 0 aromatic rings. The van der Waals surface area contributed by atoms with Gasteiger partial charge in [0.2, 0.25) is 0 Å². The monoisotopic (exact) mass is 266 g/mol. The van der Waals surface area contributed by atoms with E-state index >= 15 is 0 Å². The highest BCUT2D eigenvalue weighted by atomic mass is 15.2. The lowest BCUT2D eigenvalue weighted by Crippen LogP contribution is -2.53. The van der Waals surface area contributed by atoms with Crippen LogP contribution in [-0.2, 0) is 0 Å². The van der Waals surface area contributed by atoms with Crippen LogP contribution in [0.2, 0.25) is 0 Å². The van der Waals surface area contributed by atoms with E-state index in [-0.39, 0.29) is 0 Å². The summed E-state index contributed by atoms with van der Waals surface area (Å²) in [5.41, 5.74) is 0. The van der Waals surface area contributed by atoms with Crippen molar-refractivity contribution in [2.24, 2.45) is 5.92 Å². The third-order valence-corrected chi connectivity index (χ3v) is 5.34. The van der Waals surface area contributed by atoms with Gasteiger partial charge in [-0.2, -0.15) is 0 Å². The topological polar surface area (TPSA) is 15.3 Å². The highest BCUT2D eigenvalue weighted by Gasteiger charge is 2.35. The van der Waals surface area contributed by atoms with E-state index in [1.165, 1.54) is 64.5 Å². The van der Waals surface area contributed by atoms with Crippen LogP contribution in [0.3, 0.4) is 0 Å². The lowest BCUT2D eigenvalue weighted by atomic mass is 9.78. The van der Waals surface area contributed by atoms with E-state index in [0.717, 1.165) is 12.0 Å². The fraction of sp³-hybridized carbons (Fsp3) is 1.00. The van der Waals surface area contributed by atoms with Gasteiger partial charge in [0.05, 0.1) is 0 Å². The molecule has 1 N–H and O–H groups in total. The van der Waals surface area contributed by atoms with Crippen LogP contribution in [-0.4, -0.2) is 36.1 Å². The zero-order valence-corrected chi connectivity index (χ0v) is 13.3. The summed E-state index contributed by atoms with van der Waals surface area (Å²) in [6.45, 7) is 9.55. The summed E-state index contributed by atoms with van der Waals surface area (Å²) in [6, 6.07) is 2.30. The van der Waals surface area contributed by atoms with E-state index in [1.807, 2.05) is 0 Å². The number of nitrogens with zero attached hydrogens (tertiary/aromatic N) is 1. The maximum absolute atomic E-state index is 3.73. The molecular weight excluding hydrogens is 232 g/mol. The molecule has 1 saturated heterocycles. The van der Waals surface area contributed by atoms with Crippen molar-refractivity contribution in [2.75, 3.05) is 13.1 Å². The van der Waals surface area contributed by atoms with Crippen LogP contribution >= 0.6 is 0 Å². The predicted octanol–water partition coefficient (Wildman–Crippen LogP) is 3.81. The molecule has 1 saturated carbocycles. The van der Waals surface area contributed by atoms with Crippen LogP contribution in [0.15, 0.2) is 0 Å². The molecule has 2 heteroatoms. The number of hydrogen-bond donors (Lipinski definition) is 1. The Kier molecular flexibility index (Phi) is 6.15. The molecule has 0 aromatic carbocycles. The Labute approximate surface area is 120 Å². The number of likely N-dealkylation sites (tertiary alicyclic amines) is 1. The molecule has 0 radical (unpaired) electrons. The molecule has 4 unspecified atom stereocenters. The summed E-state index contributed by atoms with van der Waals surface area (Å²) in [5, 5.41) is 3.73. The SMILES string of the molecule is CCCC(C)NCC(C)N1CCCC2CCCCC21. The number of hydrogen-bond acceptors (Lipinski definition) is 2. The van der Waals surface area contributed by atoms with Gasteiger partial charge < -0.3 is 5.32 Å². The van der Waals surface area contributed by atoms with Gasteiger partial charge in [0.1, 0.15) is 0 Å². The zero-order chi connectivity index (χ0) is 13.7. The van der Waals surface area contributed by atoms with E-state index in [1.54, 1.807) is 0 Å². The van der Waals surface area contributed by atoms with Crippen molar-refractivity contribution in [3.8, 4) is 0 Å². The molecule has 0 amide bonds. The number of piperidine rings is 1. The molecule has 0 bridgehead atoms. The number of fused-ring (bicyclic) bond motifs is 1. The first-order chi connectivity index (χ1) is 9.22. The summed E-state index contributed by atoms with van der Waals surface area (Å²) >= 11 is 0. The van der Waals surface area contributed by atoms with E-state index in [0.29, 0.717) is 12.1 Å². The normalized spacial score (nSPS) is 31.7. The van der Waals surface area contributed by atoms with Crippen LogP contribution in [0, 0.1) is 5.92 Å². The van der Waals surface area contributed by atoms with Crippen LogP contribution in [0.25, 0.3) is 0 Å². The van der Waals surface area contributed by atoms with Gasteiger partial charge in [-0.1, -0.05) is 26.2 Å². The zero-order valence-electron chi connectivity index (χ0n) is 13.3. The second-order valence-electron chi connectivity index (χ2n) is 6.94. The van der Waals surface area contributed by atoms with Gasteiger partial charge in [-0.05, 0) is 58.4 Å². The Morgan fingerprint density at radius 1 is 1.11 bits per heavy atom. The highest BCUT2D eigenvalue weighted by Crippen LogP contribution is 2.36. The summed E-state index contributed by atoms with van der Waals surface area (Å²) in [4.78, 5) is 2.83. The number of nitrogens with one attached hydrogen (secondary N) is 1. The molecule has 2 nitrogen and oxygen atoms in total. The molecule has 2 fully saturated rings. The largest absolute Gasteiger partial charge is 0.313 e. The van der Waals surface area contributed by atoms with Gasteiger partial charge in [-0.25, -0.2) is 0 Å². The van der Waals surface area contributed by atoms with Gasteiger partial charge in [-0.15, -0.1) is 0 Å². The molecule has 0 aromatic heterocycles. The standard InChI is InChI=1S/C17H34N2/c1-4-8-14(2)18-13-15(3)19-12-7-10-16-9-5-6-11-17(16)19/h14-18H,4-13H2,1-3H3. The van der Waals surface area contributed by atoms with E-state index in [9.17, 15) is 0 Å². The maximum Gasteiger partial charge on any atom is 0.0195 e. The van der Waals surface area contributed by atoms with Crippen molar-refractivity contribution in [2.45, 2.75) is 90.3 Å². The predicted molar refractivity (Wildman–Crippen MR) is 83.5 cm³/mol. The molecule has 19 heavy (non-hydrogen) atoms. The van der Waals surface area contributed by atoms with Crippen LogP contribution < -0.4 is 5.32 Å². The average molecular weight is 266 g/mol. The van der Waals surface area contributed by atoms with Gasteiger partial charge in [0.15, 0.2) is 0 Å². The average Bonchev–Trinajstić information content (AvgIpc) is 2.44. The fourth-order valence-corrected chi connectivity index (χ4v) is 4.23. The summed E-state index contributed by atoms with van der Waals surface area (Å²) < 4.78 is 0. The molecule has 1 aliphatic carbocycles. The Hall–Kier alpha value is -0.0800. The third kappa shape index (κ3) is 4.19. The van der Waals surface area contributed by atoms with Crippen molar-refractivity contribution in [3.63, 3.8) is 0 Å². The maximum atomic E-state index is 3.73. The molecule has 2 rings (SSSR count). The van der Waals surface area contributed by atoms with Gasteiger partial charge in [0, 0.05) is 24.7 Å². The minimum Gasteiger partial charge on any atom is -0.313 e. The Balaban J connectivity index is 1.81. The second-order valence-corrected chi connectivity index (χ2v) is 6.94. The molecule has 4 atom stereocenters. The minimum atomic E-state index is 0.680. The Morgan fingerprint density at radius 2 is 1.84 bits per heavy atom. The summed E-state index contributed by atoms with van der Waals surface area (Å²) in [6.07, 6.45) is 11.4. The molecule has 112 valence electrons.